The third kappa shape index (κ3) is 2.54. The zero-order chi connectivity index (χ0) is 21.2. The number of esters is 2. The van der Waals surface area contributed by atoms with Gasteiger partial charge in [0.15, 0.2) is 17.6 Å². The average Bonchev–Trinajstić information content (AvgIpc) is 3.04. The van der Waals surface area contributed by atoms with Gasteiger partial charge in [-0.15, -0.1) is 11.6 Å². The lowest BCUT2D eigenvalue weighted by Gasteiger charge is -2.57. The number of ether oxygens (including phenoxy) is 3. The van der Waals surface area contributed by atoms with Crippen LogP contribution in [0.4, 0.5) is 0 Å². The maximum absolute atomic E-state index is 12.5. The van der Waals surface area contributed by atoms with Gasteiger partial charge >= 0.3 is 11.9 Å². The molecule has 0 N–H and O–H groups in total. The van der Waals surface area contributed by atoms with Gasteiger partial charge in [-0.2, -0.15) is 0 Å². The molecule has 5 rings (SSSR count). The molecule has 0 saturated carbocycles. The fraction of sp³-hybridized carbons (Fsp3) is 0.500. The van der Waals surface area contributed by atoms with E-state index >= 15 is 0 Å². The van der Waals surface area contributed by atoms with E-state index in [2.05, 4.69) is 6.08 Å². The largest absolute Gasteiger partial charge is 0.481 e. The number of likely N-dealkylation sites (tertiary alicyclic amines) is 1. The lowest BCUT2D eigenvalue weighted by molar-refractivity contribution is -0.153. The number of alkyl halides is 1. The SMILES string of the molecule is CC(=O)Oc1ccc2c3c1O[C@H]1[C@@H](OC(C)=O)C=C[C@H]4[C@@H](C2)N(C(=O)CCl)CC[C@@]341. The maximum Gasteiger partial charge on any atom is 0.308 e. The van der Waals surface area contributed by atoms with Gasteiger partial charge in [0.05, 0.1) is 5.41 Å². The Kier molecular flexibility index (Phi) is 4.36. The Bertz CT molecular complexity index is 990. The molecule has 1 aromatic rings. The second-order valence-electron chi connectivity index (χ2n) is 8.33. The van der Waals surface area contributed by atoms with E-state index in [1.54, 1.807) is 6.07 Å². The first-order valence-corrected chi connectivity index (χ1v) is 10.6. The third-order valence-corrected chi connectivity index (χ3v) is 7.06. The molecule has 8 heteroatoms. The van der Waals surface area contributed by atoms with Crippen molar-refractivity contribution >= 4 is 29.4 Å². The minimum Gasteiger partial charge on any atom is -0.481 e. The zero-order valence-corrected chi connectivity index (χ0v) is 17.5. The molecule has 4 aliphatic rings. The van der Waals surface area contributed by atoms with Crippen molar-refractivity contribution in [3.8, 4) is 11.5 Å². The second-order valence-corrected chi connectivity index (χ2v) is 8.59. The number of amides is 1. The molecule has 1 aromatic carbocycles. The fourth-order valence-electron chi connectivity index (χ4n) is 5.94. The first-order valence-electron chi connectivity index (χ1n) is 10.1. The van der Waals surface area contributed by atoms with Crippen molar-refractivity contribution in [3.05, 3.63) is 35.4 Å². The number of halogens is 1. The molecule has 5 atom stereocenters. The van der Waals surface area contributed by atoms with E-state index in [1.165, 1.54) is 13.8 Å². The molecule has 1 amide bonds. The third-order valence-electron chi connectivity index (χ3n) is 6.83. The summed E-state index contributed by atoms with van der Waals surface area (Å²) in [4.78, 5) is 37.8. The number of benzene rings is 1. The zero-order valence-electron chi connectivity index (χ0n) is 16.7. The van der Waals surface area contributed by atoms with Crippen LogP contribution in [0.1, 0.15) is 31.4 Å². The molecular formula is C22H22ClNO6. The molecule has 7 nitrogen and oxygen atoms in total. The quantitative estimate of drug-likeness (QED) is 0.315. The number of piperidine rings is 1. The van der Waals surface area contributed by atoms with Crippen LogP contribution >= 0.6 is 11.6 Å². The van der Waals surface area contributed by atoms with Crippen molar-refractivity contribution in [2.45, 2.75) is 50.4 Å². The van der Waals surface area contributed by atoms with Crippen molar-refractivity contribution in [1.29, 1.82) is 0 Å². The molecular weight excluding hydrogens is 410 g/mol. The summed E-state index contributed by atoms with van der Waals surface area (Å²) in [5, 5.41) is 0. The molecule has 0 radical (unpaired) electrons. The smallest absolute Gasteiger partial charge is 0.308 e. The lowest BCUT2D eigenvalue weighted by Crippen LogP contribution is -2.66. The molecule has 2 aliphatic heterocycles. The van der Waals surface area contributed by atoms with Crippen molar-refractivity contribution in [3.63, 3.8) is 0 Å². The standard InChI is InChI=1S/C22H22ClNO6/c1-11(25)28-16-5-3-13-9-15-14-4-6-17(29-12(2)26)21-22(14,19(13)20(16)30-21)7-8-24(15)18(27)10-23/h3-6,14-15,17,21H,7-10H2,1-2H3/t14-,15+,17-,21-,22-/m0/s1. The summed E-state index contributed by atoms with van der Waals surface area (Å²) in [6.45, 7) is 3.27. The van der Waals surface area contributed by atoms with Gasteiger partial charge in [-0.25, -0.2) is 0 Å². The summed E-state index contributed by atoms with van der Waals surface area (Å²) in [6, 6.07) is 3.63. The first kappa shape index (κ1) is 19.4. The summed E-state index contributed by atoms with van der Waals surface area (Å²) < 4.78 is 17.4. The van der Waals surface area contributed by atoms with Gasteiger partial charge in [0, 0.05) is 37.9 Å². The Morgan fingerprint density at radius 2 is 2.03 bits per heavy atom. The monoisotopic (exact) mass is 431 g/mol. The van der Waals surface area contributed by atoms with E-state index in [0.717, 1.165) is 11.1 Å². The van der Waals surface area contributed by atoms with Crippen LogP contribution in [0, 0.1) is 5.92 Å². The van der Waals surface area contributed by atoms with Crippen molar-refractivity contribution in [2.24, 2.45) is 5.92 Å². The van der Waals surface area contributed by atoms with E-state index in [1.807, 2.05) is 17.0 Å². The van der Waals surface area contributed by atoms with Crippen LogP contribution in [0.2, 0.25) is 0 Å². The van der Waals surface area contributed by atoms with Crippen LogP contribution in [0.3, 0.4) is 0 Å². The highest BCUT2D eigenvalue weighted by Crippen LogP contribution is 2.63. The van der Waals surface area contributed by atoms with E-state index < -0.39 is 23.6 Å². The molecule has 1 saturated heterocycles. The number of hydrogen-bond donors (Lipinski definition) is 0. The van der Waals surface area contributed by atoms with Crippen molar-refractivity contribution in [2.75, 3.05) is 12.4 Å². The van der Waals surface area contributed by atoms with Gasteiger partial charge in [0.1, 0.15) is 12.0 Å². The molecule has 2 heterocycles. The Hall–Kier alpha value is -2.54. The van der Waals surface area contributed by atoms with E-state index in [-0.39, 0.29) is 29.7 Å². The molecule has 2 bridgehead atoms. The Morgan fingerprint density at radius 1 is 1.23 bits per heavy atom. The Labute approximate surface area is 178 Å². The molecule has 158 valence electrons. The summed E-state index contributed by atoms with van der Waals surface area (Å²) >= 11 is 5.88. The highest BCUT2D eigenvalue weighted by atomic mass is 35.5. The van der Waals surface area contributed by atoms with Crippen LogP contribution in [0.5, 0.6) is 11.5 Å². The number of nitrogens with zero attached hydrogens (tertiary/aromatic N) is 1. The number of hydrogen-bond acceptors (Lipinski definition) is 6. The predicted molar refractivity (Wildman–Crippen MR) is 107 cm³/mol. The summed E-state index contributed by atoms with van der Waals surface area (Å²) in [5.41, 5.74) is 1.63. The van der Waals surface area contributed by atoms with Crippen molar-refractivity contribution < 1.29 is 28.6 Å². The highest BCUT2D eigenvalue weighted by Gasteiger charge is 2.65. The van der Waals surface area contributed by atoms with Gasteiger partial charge in [-0.1, -0.05) is 12.1 Å². The maximum atomic E-state index is 12.5. The van der Waals surface area contributed by atoms with Crippen molar-refractivity contribution in [1.82, 2.24) is 4.90 Å². The van der Waals surface area contributed by atoms with Crippen LogP contribution < -0.4 is 9.47 Å². The minimum atomic E-state index is -0.557. The van der Waals surface area contributed by atoms with Gasteiger partial charge in [0.2, 0.25) is 5.91 Å². The Morgan fingerprint density at radius 3 is 2.73 bits per heavy atom. The van der Waals surface area contributed by atoms with E-state index in [9.17, 15) is 14.4 Å². The first-order chi connectivity index (χ1) is 14.4. The van der Waals surface area contributed by atoms with Gasteiger partial charge in [-0.05, 0) is 30.5 Å². The number of rotatable bonds is 3. The topological polar surface area (TPSA) is 82.1 Å². The number of carbonyl (C=O) groups excluding carboxylic acids is 3. The normalized spacial score (nSPS) is 32.2. The van der Waals surface area contributed by atoms with Crippen LogP contribution in [-0.4, -0.2) is 53.4 Å². The van der Waals surface area contributed by atoms with E-state index in [4.69, 9.17) is 25.8 Å². The molecule has 1 spiro atoms. The average molecular weight is 432 g/mol. The molecule has 30 heavy (non-hydrogen) atoms. The van der Waals surface area contributed by atoms with E-state index in [0.29, 0.717) is 30.9 Å². The van der Waals surface area contributed by atoms with Crippen LogP contribution in [-0.2, 0) is 31.0 Å². The summed E-state index contributed by atoms with van der Waals surface area (Å²) in [6.07, 6.45) is 4.22. The van der Waals surface area contributed by atoms with Crippen LogP contribution in [0.25, 0.3) is 0 Å². The molecule has 0 aromatic heterocycles. The molecule has 1 fully saturated rings. The minimum absolute atomic E-state index is 0.00319. The van der Waals surface area contributed by atoms with Gasteiger partial charge < -0.3 is 19.1 Å². The van der Waals surface area contributed by atoms with Gasteiger partial charge in [0.25, 0.3) is 0 Å². The second kappa shape index (κ2) is 6.74. The van der Waals surface area contributed by atoms with Gasteiger partial charge in [-0.3, -0.25) is 14.4 Å². The summed E-state index contributed by atoms with van der Waals surface area (Å²) in [5.74, 6) is -0.0259. The Balaban J connectivity index is 1.69. The predicted octanol–water partition coefficient (Wildman–Crippen LogP) is 2.12. The fourth-order valence-corrected chi connectivity index (χ4v) is 6.10. The lowest BCUT2D eigenvalue weighted by atomic mass is 9.53. The molecule has 0 unspecified atom stereocenters. The summed E-state index contributed by atoms with van der Waals surface area (Å²) in [7, 11) is 0. The van der Waals surface area contributed by atoms with Crippen LogP contribution in [0.15, 0.2) is 24.3 Å². The number of carbonyl (C=O) groups is 3. The highest BCUT2D eigenvalue weighted by molar-refractivity contribution is 6.27. The molecule has 2 aliphatic carbocycles.